The first-order valence-corrected chi connectivity index (χ1v) is 11.5. The van der Waals surface area contributed by atoms with Crippen molar-refractivity contribution >= 4 is 23.4 Å². The summed E-state index contributed by atoms with van der Waals surface area (Å²) in [6, 6.07) is 7.89. The Morgan fingerprint density at radius 2 is 1.55 bits per heavy atom. The first kappa shape index (κ1) is 20.7. The second kappa shape index (κ2) is 9.05. The SMILES string of the molecule is O=C(CN1CCN(C(=O)C2(c3cccc(Cl)c3)CCCCC2)CC1)N1CCCC1. The summed E-state index contributed by atoms with van der Waals surface area (Å²) in [5, 5.41) is 0.700. The highest BCUT2D eigenvalue weighted by molar-refractivity contribution is 6.30. The van der Waals surface area contributed by atoms with Crippen molar-refractivity contribution < 1.29 is 9.59 Å². The van der Waals surface area contributed by atoms with E-state index in [9.17, 15) is 9.59 Å². The highest BCUT2D eigenvalue weighted by Crippen LogP contribution is 2.42. The summed E-state index contributed by atoms with van der Waals surface area (Å²) < 4.78 is 0. The fraction of sp³-hybridized carbons (Fsp3) is 0.652. The second-order valence-corrected chi connectivity index (χ2v) is 9.25. The number of benzene rings is 1. The van der Waals surface area contributed by atoms with Gasteiger partial charge in [-0.15, -0.1) is 0 Å². The van der Waals surface area contributed by atoms with Crippen LogP contribution in [0.4, 0.5) is 0 Å². The van der Waals surface area contributed by atoms with E-state index in [2.05, 4.69) is 11.0 Å². The lowest BCUT2D eigenvalue weighted by atomic mass is 9.68. The Balaban J connectivity index is 1.41. The summed E-state index contributed by atoms with van der Waals surface area (Å²) in [5.74, 6) is 0.495. The molecule has 1 saturated carbocycles. The number of likely N-dealkylation sites (tertiary alicyclic amines) is 1. The van der Waals surface area contributed by atoms with Crippen LogP contribution in [0, 0.1) is 0 Å². The fourth-order valence-corrected chi connectivity index (χ4v) is 5.43. The first-order valence-electron chi connectivity index (χ1n) is 11.1. The molecule has 1 aromatic carbocycles. The minimum absolute atomic E-state index is 0.241. The lowest BCUT2D eigenvalue weighted by Crippen LogP contribution is -2.56. The summed E-state index contributed by atoms with van der Waals surface area (Å²) in [7, 11) is 0. The van der Waals surface area contributed by atoms with Crippen molar-refractivity contribution in [3.63, 3.8) is 0 Å². The number of amides is 2. The fourth-order valence-electron chi connectivity index (χ4n) is 5.24. The number of halogens is 1. The zero-order valence-corrected chi connectivity index (χ0v) is 18.0. The molecule has 2 saturated heterocycles. The van der Waals surface area contributed by atoms with E-state index in [1.165, 1.54) is 6.42 Å². The number of nitrogens with zero attached hydrogens (tertiary/aromatic N) is 3. The van der Waals surface area contributed by atoms with Crippen LogP contribution in [0.15, 0.2) is 24.3 Å². The molecule has 0 bridgehead atoms. The third-order valence-corrected chi connectivity index (χ3v) is 7.21. The van der Waals surface area contributed by atoms with Crippen LogP contribution in [0.5, 0.6) is 0 Å². The normalized spacial score (nSPS) is 22.7. The molecule has 0 unspecified atom stereocenters. The van der Waals surface area contributed by atoms with Gasteiger partial charge in [-0.2, -0.15) is 0 Å². The molecule has 0 aromatic heterocycles. The lowest BCUT2D eigenvalue weighted by molar-refractivity contribution is -0.141. The average molecular weight is 418 g/mol. The van der Waals surface area contributed by atoms with E-state index < -0.39 is 5.41 Å². The molecule has 29 heavy (non-hydrogen) atoms. The lowest BCUT2D eigenvalue weighted by Gasteiger charge is -2.43. The third-order valence-electron chi connectivity index (χ3n) is 6.97. The maximum absolute atomic E-state index is 13.7. The molecular weight excluding hydrogens is 386 g/mol. The largest absolute Gasteiger partial charge is 0.342 e. The van der Waals surface area contributed by atoms with Crippen molar-refractivity contribution in [3.05, 3.63) is 34.9 Å². The molecule has 0 atom stereocenters. The smallest absolute Gasteiger partial charge is 0.236 e. The maximum atomic E-state index is 13.7. The van der Waals surface area contributed by atoms with Crippen LogP contribution in [0.3, 0.4) is 0 Å². The highest BCUT2D eigenvalue weighted by Gasteiger charge is 2.44. The van der Waals surface area contributed by atoms with Gasteiger partial charge < -0.3 is 9.80 Å². The maximum Gasteiger partial charge on any atom is 0.236 e. The van der Waals surface area contributed by atoms with E-state index in [1.54, 1.807) is 0 Å². The van der Waals surface area contributed by atoms with Gasteiger partial charge in [0.25, 0.3) is 0 Å². The standard InChI is InChI=1S/C23H32ClN3O2/c24-20-8-6-7-19(17-20)23(9-2-1-3-10-23)22(29)27-15-13-25(14-16-27)18-21(28)26-11-4-5-12-26/h6-8,17H,1-5,9-16,18H2. The monoisotopic (exact) mass is 417 g/mol. The molecule has 3 aliphatic rings. The van der Waals surface area contributed by atoms with E-state index in [0.29, 0.717) is 24.7 Å². The molecule has 0 radical (unpaired) electrons. The second-order valence-electron chi connectivity index (χ2n) is 8.81. The van der Waals surface area contributed by atoms with E-state index in [1.807, 2.05) is 28.0 Å². The molecule has 0 spiro atoms. The van der Waals surface area contributed by atoms with Crippen LogP contribution in [-0.4, -0.2) is 72.3 Å². The molecule has 3 fully saturated rings. The van der Waals surface area contributed by atoms with Crippen molar-refractivity contribution in [1.82, 2.24) is 14.7 Å². The highest BCUT2D eigenvalue weighted by atomic mass is 35.5. The van der Waals surface area contributed by atoms with Gasteiger partial charge in [0.05, 0.1) is 12.0 Å². The molecule has 2 amide bonds. The predicted octanol–water partition coefficient (Wildman–Crippen LogP) is 3.31. The Morgan fingerprint density at radius 3 is 2.21 bits per heavy atom. The molecule has 1 aliphatic carbocycles. The topological polar surface area (TPSA) is 43.9 Å². The van der Waals surface area contributed by atoms with Crippen molar-refractivity contribution in [2.45, 2.75) is 50.4 Å². The van der Waals surface area contributed by atoms with Gasteiger partial charge in [0, 0.05) is 44.3 Å². The van der Waals surface area contributed by atoms with Gasteiger partial charge in [0.15, 0.2) is 0 Å². The quantitative estimate of drug-likeness (QED) is 0.754. The minimum atomic E-state index is -0.434. The number of carbonyl (C=O) groups is 2. The number of hydrogen-bond donors (Lipinski definition) is 0. The van der Waals surface area contributed by atoms with Gasteiger partial charge in [-0.1, -0.05) is 43.0 Å². The Kier molecular flexibility index (Phi) is 6.45. The van der Waals surface area contributed by atoms with Crippen molar-refractivity contribution in [2.24, 2.45) is 0 Å². The Labute approximate surface area is 179 Å². The molecule has 1 aromatic rings. The van der Waals surface area contributed by atoms with E-state index >= 15 is 0 Å². The molecule has 6 heteroatoms. The van der Waals surface area contributed by atoms with Crippen LogP contribution in [0.25, 0.3) is 0 Å². The van der Waals surface area contributed by atoms with Crippen molar-refractivity contribution in [1.29, 1.82) is 0 Å². The first-order chi connectivity index (χ1) is 14.1. The summed E-state index contributed by atoms with van der Waals surface area (Å²) >= 11 is 6.27. The summed E-state index contributed by atoms with van der Waals surface area (Å²) in [5.41, 5.74) is 0.637. The van der Waals surface area contributed by atoms with Gasteiger partial charge in [0.1, 0.15) is 0 Å². The zero-order valence-electron chi connectivity index (χ0n) is 17.2. The molecule has 2 aliphatic heterocycles. The van der Waals surface area contributed by atoms with Crippen molar-refractivity contribution in [2.75, 3.05) is 45.8 Å². The minimum Gasteiger partial charge on any atom is -0.342 e. The zero-order chi connectivity index (χ0) is 20.3. The average Bonchev–Trinajstić information content (AvgIpc) is 3.29. The van der Waals surface area contributed by atoms with Crippen LogP contribution < -0.4 is 0 Å². The molecule has 0 N–H and O–H groups in total. The van der Waals surface area contributed by atoms with Crippen LogP contribution >= 0.6 is 11.6 Å². The van der Waals surface area contributed by atoms with Crippen LogP contribution in [0.1, 0.15) is 50.5 Å². The van der Waals surface area contributed by atoms with Crippen molar-refractivity contribution in [3.8, 4) is 0 Å². The molecule has 158 valence electrons. The van der Waals surface area contributed by atoms with Gasteiger partial charge in [-0.25, -0.2) is 0 Å². The van der Waals surface area contributed by atoms with Gasteiger partial charge in [-0.05, 0) is 43.4 Å². The summed E-state index contributed by atoms with van der Waals surface area (Å²) in [4.78, 5) is 32.4. The Hall–Kier alpha value is -1.59. The predicted molar refractivity (Wildman–Crippen MR) is 115 cm³/mol. The van der Waals surface area contributed by atoms with Crippen LogP contribution in [0.2, 0.25) is 5.02 Å². The van der Waals surface area contributed by atoms with Crippen LogP contribution in [-0.2, 0) is 15.0 Å². The Bertz CT molecular complexity index is 733. The molecular formula is C23H32ClN3O2. The van der Waals surface area contributed by atoms with Gasteiger partial charge >= 0.3 is 0 Å². The third kappa shape index (κ3) is 4.46. The molecule has 4 rings (SSSR count). The summed E-state index contributed by atoms with van der Waals surface area (Å²) in [6.07, 6.45) is 7.42. The molecule has 2 heterocycles. The van der Waals surface area contributed by atoms with Gasteiger partial charge in [0.2, 0.25) is 11.8 Å². The van der Waals surface area contributed by atoms with Gasteiger partial charge in [-0.3, -0.25) is 14.5 Å². The van der Waals surface area contributed by atoms with E-state index in [-0.39, 0.29) is 11.8 Å². The molecule has 5 nitrogen and oxygen atoms in total. The summed E-state index contributed by atoms with van der Waals surface area (Å²) in [6.45, 7) is 5.25. The van der Waals surface area contributed by atoms with E-state index in [4.69, 9.17) is 11.6 Å². The van der Waals surface area contributed by atoms with E-state index in [0.717, 1.165) is 70.3 Å². The Morgan fingerprint density at radius 1 is 0.862 bits per heavy atom. The number of piperazine rings is 1. The number of carbonyl (C=O) groups excluding carboxylic acids is 2. The number of rotatable bonds is 4. The number of hydrogen-bond acceptors (Lipinski definition) is 3.